The molecule has 13 heavy (non-hydrogen) atoms. The molecule has 1 radical (unpaired) electrons. The number of fused-ring (bicyclic) bond motifs is 1. The number of hydrogen-bond acceptors (Lipinski definition) is 1. The van der Waals surface area contributed by atoms with Crippen LogP contribution in [0.1, 0.15) is 0 Å². The summed E-state index contributed by atoms with van der Waals surface area (Å²) in [4.78, 5) is 1.18. The Morgan fingerprint density at radius 1 is 1.31 bits per heavy atom. The van der Waals surface area contributed by atoms with Gasteiger partial charge in [0.25, 0.3) is 0 Å². The van der Waals surface area contributed by atoms with Gasteiger partial charge in [0.2, 0.25) is 0 Å². The molecule has 0 atom stereocenters. The Morgan fingerprint density at radius 3 is 2.92 bits per heavy atom. The average Bonchev–Trinajstić information content (AvgIpc) is 2.16. The van der Waals surface area contributed by atoms with Gasteiger partial charge in [0.15, 0.2) is 0 Å². The third kappa shape index (κ3) is 1.67. The van der Waals surface area contributed by atoms with Gasteiger partial charge in [0.05, 0.1) is 0 Å². The van der Waals surface area contributed by atoms with E-state index >= 15 is 0 Å². The van der Waals surface area contributed by atoms with Crippen molar-refractivity contribution in [3.8, 4) is 0 Å². The topological polar surface area (TPSA) is 0 Å². The van der Waals surface area contributed by atoms with Crippen LogP contribution in [0.3, 0.4) is 0 Å². The smallest absolute Gasteiger partial charge is 0.0412 e. The number of thioether (sulfide) groups is 1. The molecule has 0 aliphatic rings. The Morgan fingerprint density at radius 2 is 2.15 bits per heavy atom. The van der Waals surface area contributed by atoms with Gasteiger partial charge in [-0.15, -0.1) is 11.8 Å². The van der Waals surface area contributed by atoms with Gasteiger partial charge in [-0.3, -0.25) is 0 Å². The van der Waals surface area contributed by atoms with E-state index in [0.29, 0.717) is 0 Å². The number of rotatable bonds is 1. The lowest BCUT2D eigenvalue weighted by Crippen LogP contribution is -1.76. The standard InChI is InChI=1S/C11H8ClS/c1-13-11-4-2-3-8-7-9(12)5-6-10(8)11/h2-3,5-7H,1H3. The maximum atomic E-state index is 5.90. The van der Waals surface area contributed by atoms with Gasteiger partial charge in [-0.2, -0.15) is 0 Å². The predicted octanol–water partition coefficient (Wildman–Crippen LogP) is 4.02. The van der Waals surface area contributed by atoms with Crippen LogP contribution in [-0.4, -0.2) is 6.26 Å². The largest absolute Gasteiger partial charge is 0.128 e. The molecule has 0 spiro atoms. The quantitative estimate of drug-likeness (QED) is 0.637. The first kappa shape index (κ1) is 8.92. The molecule has 0 amide bonds. The van der Waals surface area contributed by atoms with E-state index < -0.39 is 0 Å². The van der Waals surface area contributed by atoms with Gasteiger partial charge in [0.1, 0.15) is 0 Å². The van der Waals surface area contributed by atoms with Crippen molar-refractivity contribution in [2.45, 2.75) is 4.90 Å². The molecule has 0 saturated carbocycles. The lowest BCUT2D eigenvalue weighted by Gasteiger charge is -2.02. The molecule has 2 aromatic carbocycles. The van der Waals surface area contributed by atoms with E-state index in [2.05, 4.69) is 12.3 Å². The van der Waals surface area contributed by atoms with Crippen LogP contribution in [0, 0.1) is 6.07 Å². The summed E-state index contributed by atoms with van der Waals surface area (Å²) in [6, 6.07) is 13.1. The maximum absolute atomic E-state index is 5.90. The summed E-state index contributed by atoms with van der Waals surface area (Å²) in [6.45, 7) is 0. The Hall–Kier alpha value is -0.660. The van der Waals surface area contributed by atoms with Crippen molar-refractivity contribution in [1.82, 2.24) is 0 Å². The summed E-state index contributed by atoms with van der Waals surface area (Å²) in [7, 11) is 0. The minimum absolute atomic E-state index is 0.783. The number of benzene rings is 2. The van der Waals surface area contributed by atoms with E-state index in [4.69, 9.17) is 11.6 Å². The van der Waals surface area contributed by atoms with E-state index in [9.17, 15) is 0 Å². The van der Waals surface area contributed by atoms with Crippen LogP contribution >= 0.6 is 23.4 Å². The summed E-state index contributed by atoms with van der Waals surface area (Å²) >= 11 is 7.60. The molecule has 0 nitrogen and oxygen atoms in total. The van der Waals surface area contributed by atoms with Crippen molar-refractivity contribution in [1.29, 1.82) is 0 Å². The van der Waals surface area contributed by atoms with Crippen LogP contribution in [-0.2, 0) is 0 Å². The minimum Gasteiger partial charge on any atom is -0.128 e. The van der Waals surface area contributed by atoms with E-state index in [-0.39, 0.29) is 0 Å². The lowest BCUT2D eigenvalue weighted by atomic mass is 10.1. The van der Waals surface area contributed by atoms with Crippen molar-refractivity contribution >= 4 is 34.1 Å². The van der Waals surface area contributed by atoms with Crippen LogP contribution in [0.15, 0.2) is 35.2 Å². The zero-order valence-electron chi connectivity index (χ0n) is 7.17. The van der Waals surface area contributed by atoms with Gasteiger partial charge in [-0.05, 0) is 35.2 Å². The average molecular weight is 208 g/mol. The molecule has 0 unspecified atom stereocenters. The molecular weight excluding hydrogens is 200 g/mol. The van der Waals surface area contributed by atoms with Gasteiger partial charge >= 0.3 is 0 Å². The van der Waals surface area contributed by atoms with E-state index in [1.165, 1.54) is 15.7 Å². The Kier molecular flexibility index (Phi) is 2.47. The first-order chi connectivity index (χ1) is 6.31. The minimum atomic E-state index is 0.783. The molecule has 2 heteroatoms. The van der Waals surface area contributed by atoms with Crippen LogP contribution in [0.5, 0.6) is 0 Å². The molecule has 0 saturated heterocycles. The summed E-state index contributed by atoms with van der Waals surface area (Å²) in [6.07, 6.45) is 2.06. The molecular formula is C11H8ClS. The zero-order chi connectivity index (χ0) is 9.26. The van der Waals surface area contributed by atoms with Crippen molar-refractivity contribution in [3.05, 3.63) is 41.4 Å². The SMILES string of the molecule is CSc1[c]ccc2cc(Cl)ccc12. The highest BCUT2D eigenvalue weighted by molar-refractivity contribution is 7.98. The fourth-order valence-electron chi connectivity index (χ4n) is 1.33. The van der Waals surface area contributed by atoms with Crippen molar-refractivity contribution in [2.24, 2.45) is 0 Å². The Bertz CT molecular complexity index is 437. The van der Waals surface area contributed by atoms with Crippen LogP contribution < -0.4 is 0 Å². The highest BCUT2D eigenvalue weighted by atomic mass is 35.5. The molecule has 2 rings (SSSR count). The number of hydrogen-bond donors (Lipinski definition) is 0. The third-order valence-corrected chi connectivity index (χ3v) is 2.92. The maximum Gasteiger partial charge on any atom is 0.0412 e. The normalized spacial score (nSPS) is 10.6. The third-order valence-electron chi connectivity index (χ3n) is 1.94. The molecule has 0 N–H and O–H groups in total. The van der Waals surface area contributed by atoms with Crippen molar-refractivity contribution < 1.29 is 0 Å². The second kappa shape index (κ2) is 3.60. The van der Waals surface area contributed by atoms with Gasteiger partial charge in [-0.25, -0.2) is 0 Å². The summed E-state index contributed by atoms with van der Waals surface area (Å²) in [5.74, 6) is 0. The summed E-state index contributed by atoms with van der Waals surface area (Å²) in [5, 5.41) is 3.18. The summed E-state index contributed by atoms with van der Waals surface area (Å²) < 4.78 is 0. The van der Waals surface area contributed by atoms with E-state index in [0.717, 1.165) is 5.02 Å². The van der Waals surface area contributed by atoms with Gasteiger partial charge < -0.3 is 0 Å². The molecule has 2 aromatic rings. The summed E-state index contributed by atoms with van der Waals surface area (Å²) in [5.41, 5.74) is 0. The second-order valence-electron chi connectivity index (χ2n) is 2.74. The molecule has 0 aliphatic carbocycles. The Balaban J connectivity index is 2.77. The Labute approximate surface area is 86.9 Å². The van der Waals surface area contributed by atoms with Gasteiger partial charge in [0, 0.05) is 9.92 Å². The number of halogens is 1. The molecule has 0 bridgehead atoms. The van der Waals surface area contributed by atoms with Crippen LogP contribution in [0.25, 0.3) is 10.8 Å². The lowest BCUT2D eigenvalue weighted by molar-refractivity contribution is 1.53. The highest BCUT2D eigenvalue weighted by Crippen LogP contribution is 2.27. The monoisotopic (exact) mass is 207 g/mol. The molecule has 0 aromatic heterocycles. The van der Waals surface area contributed by atoms with E-state index in [1.54, 1.807) is 11.8 Å². The first-order valence-corrected chi connectivity index (χ1v) is 5.55. The van der Waals surface area contributed by atoms with Gasteiger partial charge in [-0.1, -0.05) is 29.8 Å². The van der Waals surface area contributed by atoms with Crippen LogP contribution in [0.4, 0.5) is 0 Å². The zero-order valence-corrected chi connectivity index (χ0v) is 8.75. The van der Waals surface area contributed by atoms with Crippen LogP contribution in [0.2, 0.25) is 5.02 Å². The first-order valence-electron chi connectivity index (χ1n) is 3.95. The second-order valence-corrected chi connectivity index (χ2v) is 4.00. The van der Waals surface area contributed by atoms with Crippen molar-refractivity contribution in [3.63, 3.8) is 0 Å². The fraction of sp³-hybridized carbons (Fsp3) is 0.0909. The molecule has 0 aliphatic heterocycles. The molecule has 65 valence electrons. The predicted molar refractivity (Wildman–Crippen MR) is 59.6 cm³/mol. The van der Waals surface area contributed by atoms with E-state index in [1.807, 2.05) is 30.3 Å². The highest BCUT2D eigenvalue weighted by Gasteiger charge is 1.99. The molecule has 0 heterocycles. The van der Waals surface area contributed by atoms with Crippen molar-refractivity contribution in [2.75, 3.05) is 6.26 Å². The fourth-order valence-corrected chi connectivity index (χ4v) is 2.10. The molecule has 0 fully saturated rings.